The smallest absolute Gasteiger partial charge is 0.0563 e. The van der Waals surface area contributed by atoms with Crippen molar-refractivity contribution < 1.29 is 26.8 Å². The predicted molar refractivity (Wildman–Crippen MR) is 81.1 cm³/mol. The van der Waals surface area contributed by atoms with E-state index in [2.05, 4.69) is 40.7 Å². The zero-order chi connectivity index (χ0) is 12.4. The van der Waals surface area contributed by atoms with Crippen molar-refractivity contribution in [2.45, 2.75) is 61.0 Å². The van der Waals surface area contributed by atoms with E-state index in [1.807, 2.05) is 0 Å². The van der Waals surface area contributed by atoms with Gasteiger partial charge in [0.1, 0.15) is 0 Å². The Hall–Kier alpha value is 0.734. The maximum absolute atomic E-state index is 8.52. The van der Waals surface area contributed by atoms with Crippen molar-refractivity contribution in [3.63, 3.8) is 0 Å². The van der Waals surface area contributed by atoms with Crippen LogP contribution < -0.4 is 0 Å². The average Bonchev–Trinajstić information content (AvgIpc) is 2.11. The summed E-state index contributed by atoms with van der Waals surface area (Å²) in [5.74, 6) is 0. The van der Waals surface area contributed by atoms with Crippen LogP contribution in [0.2, 0.25) is 0 Å². The summed E-state index contributed by atoms with van der Waals surface area (Å²) in [5.41, 5.74) is 3.89. The summed E-state index contributed by atoms with van der Waals surface area (Å²) in [6.45, 7) is 16.1. The second kappa shape index (κ2) is 9.61. The van der Waals surface area contributed by atoms with E-state index in [0.29, 0.717) is 0 Å². The molecule has 0 heterocycles. The van der Waals surface area contributed by atoms with Gasteiger partial charge in [-0.15, -0.1) is 31.7 Å². The van der Waals surface area contributed by atoms with Gasteiger partial charge in [0.15, 0.2) is 0 Å². The fourth-order valence-corrected chi connectivity index (χ4v) is 1.41. The molecule has 0 aliphatic heterocycles. The van der Waals surface area contributed by atoms with Crippen molar-refractivity contribution in [3.8, 4) is 0 Å². The maximum atomic E-state index is 8.52. The molecule has 0 fully saturated rings. The molecule has 1 nitrogen and oxygen atoms in total. The van der Waals surface area contributed by atoms with Crippen LogP contribution in [0.1, 0.15) is 55.4 Å². The summed E-state index contributed by atoms with van der Waals surface area (Å²) in [7, 11) is 0. The van der Waals surface area contributed by atoms with Gasteiger partial charge in [-0.2, -0.15) is 11.1 Å². The molecular weight excluding hydrogens is 303 g/mol. The van der Waals surface area contributed by atoms with Crippen LogP contribution in [0.5, 0.6) is 0 Å². The van der Waals surface area contributed by atoms with Crippen LogP contribution in [0.3, 0.4) is 0 Å². The van der Waals surface area contributed by atoms with Gasteiger partial charge >= 0.3 is 0 Å². The van der Waals surface area contributed by atoms with Crippen LogP contribution >= 0.6 is 24.8 Å². The molecule has 0 atom stereocenters. The second-order valence-electron chi connectivity index (χ2n) is 5.80. The molecule has 0 radical (unpaired) electrons. The summed E-state index contributed by atoms with van der Waals surface area (Å²) in [6.07, 6.45) is 3.44. The third-order valence-corrected chi connectivity index (χ3v) is 2.56. The SMILES string of the molecule is CC(C)(C)O.CC1=[C-]C(C)(C)C(C)=C1C.Cl.Cl.[Ti]. The summed E-state index contributed by atoms with van der Waals surface area (Å²) in [5, 5.41) is 8.52. The van der Waals surface area contributed by atoms with Gasteiger partial charge in [0.05, 0.1) is 5.60 Å². The van der Waals surface area contributed by atoms with Gasteiger partial charge in [0, 0.05) is 21.7 Å². The van der Waals surface area contributed by atoms with E-state index >= 15 is 0 Å². The Kier molecular flexibility index (Phi) is 14.5. The summed E-state index contributed by atoms with van der Waals surface area (Å²) in [6, 6.07) is 0. The van der Waals surface area contributed by atoms with Crippen LogP contribution in [0.25, 0.3) is 0 Å². The molecule has 1 N–H and O–H groups in total. The van der Waals surface area contributed by atoms with E-state index in [9.17, 15) is 0 Å². The Balaban J connectivity index is -0.000000109. The Morgan fingerprint density at radius 3 is 1.33 bits per heavy atom. The molecule has 18 heavy (non-hydrogen) atoms. The van der Waals surface area contributed by atoms with Gasteiger partial charge < -0.3 is 5.11 Å². The monoisotopic (exact) mass is 329 g/mol. The van der Waals surface area contributed by atoms with E-state index in [1.165, 1.54) is 16.7 Å². The fraction of sp³-hybridized carbons (Fsp3) is 0.714. The maximum Gasteiger partial charge on any atom is 0.0563 e. The Bertz CT molecular complexity index is 293. The summed E-state index contributed by atoms with van der Waals surface area (Å²) < 4.78 is 0. The quantitative estimate of drug-likeness (QED) is 0.503. The van der Waals surface area contributed by atoms with E-state index in [1.54, 1.807) is 20.8 Å². The third-order valence-electron chi connectivity index (χ3n) is 2.56. The molecule has 0 spiro atoms. The van der Waals surface area contributed by atoms with Gasteiger partial charge in [-0.05, 0) is 20.8 Å². The third kappa shape index (κ3) is 10.6. The van der Waals surface area contributed by atoms with Crippen LogP contribution in [0, 0.1) is 11.5 Å². The molecule has 0 aromatic carbocycles. The zero-order valence-corrected chi connectivity index (χ0v) is 16.0. The number of halogens is 2. The number of rotatable bonds is 0. The Labute approximate surface area is 140 Å². The van der Waals surface area contributed by atoms with E-state index < -0.39 is 5.60 Å². The fourth-order valence-electron chi connectivity index (χ4n) is 1.41. The topological polar surface area (TPSA) is 20.2 Å². The first-order chi connectivity index (χ1) is 6.45. The first kappa shape index (κ1) is 27.1. The normalized spacial score (nSPS) is 16.4. The average molecular weight is 330 g/mol. The summed E-state index contributed by atoms with van der Waals surface area (Å²) in [4.78, 5) is 0. The molecule has 1 rings (SSSR count). The van der Waals surface area contributed by atoms with Crippen LogP contribution in [-0.2, 0) is 21.7 Å². The molecule has 1 aliphatic carbocycles. The molecule has 108 valence electrons. The van der Waals surface area contributed by atoms with Crippen molar-refractivity contribution in [3.05, 3.63) is 22.8 Å². The molecule has 0 unspecified atom stereocenters. The minimum absolute atomic E-state index is 0. The molecular formula is C14H27Cl2OTi-. The van der Waals surface area contributed by atoms with Crippen molar-refractivity contribution >= 4 is 24.8 Å². The largest absolute Gasteiger partial charge is 0.391 e. The molecule has 0 saturated carbocycles. The van der Waals surface area contributed by atoms with Gasteiger partial charge in [-0.1, -0.05) is 33.1 Å². The van der Waals surface area contributed by atoms with Gasteiger partial charge in [0.25, 0.3) is 0 Å². The van der Waals surface area contributed by atoms with E-state index in [4.69, 9.17) is 5.11 Å². The summed E-state index contributed by atoms with van der Waals surface area (Å²) >= 11 is 0. The standard InChI is InChI=1S/C10H15.C4H10O.2ClH.Ti/c1-7-6-10(4,5)9(3)8(7)2;1-4(2,3)5;;;/h1-5H3;5H,1-3H3;2*1H;/q-1;;;;. The molecule has 4 heteroatoms. The van der Waals surface area contributed by atoms with Crippen LogP contribution in [0.4, 0.5) is 0 Å². The van der Waals surface area contributed by atoms with E-state index in [0.717, 1.165) is 0 Å². The molecule has 0 saturated heterocycles. The minimum Gasteiger partial charge on any atom is -0.391 e. The Morgan fingerprint density at radius 1 is 1.00 bits per heavy atom. The number of aliphatic hydroxyl groups is 1. The molecule has 1 aliphatic rings. The minimum atomic E-state index is -0.500. The second-order valence-corrected chi connectivity index (χ2v) is 5.80. The van der Waals surface area contributed by atoms with E-state index in [-0.39, 0.29) is 51.9 Å². The predicted octanol–water partition coefficient (Wildman–Crippen LogP) is 4.73. The van der Waals surface area contributed by atoms with Crippen LogP contribution in [-0.4, -0.2) is 10.7 Å². The van der Waals surface area contributed by atoms with Gasteiger partial charge in [-0.3, -0.25) is 6.08 Å². The van der Waals surface area contributed by atoms with Gasteiger partial charge in [-0.25, -0.2) is 5.57 Å². The number of hydrogen-bond acceptors (Lipinski definition) is 1. The first-order valence-electron chi connectivity index (χ1n) is 5.47. The molecule has 0 aromatic rings. The van der Waals surface area contributed by atoms with Crippen molar-refractivity contribution in [1.29, 1.82) is 0 Å². The number of allylic oxidation sites excluding steroid dienone is 4. The van der Waals surface area contributed by atoms with Crippen molar-refractivity contribution in [2.75, 3.05) is 0 Å². The molecule has 0 aromatic heterocycles. The Morgan fingerprint density at radius 2 is 1.28 bits per heavy atom. The molecule has 0 amide bonds. The van der Waals surface area contributed by atoms with Crippen LogP contribution in [0.15, 0.2) is 16.7 Å². The van der Waals surface area contributed by atoms with Gasteiger partial charge in [0.2, 0.25) is 0 Å². The molecule has 0 bridgehead atoms. The first-order valence-corrected chi connectivity index (χ1v) is 5.47. The number of hydrogen-bond donors (Lipinski definition) is 1. The van der Waals surface area contributed by atoms with Crippen molar-refractivity contribution in [2.24, 2.45) is 5.41 Å². The zero-order valence-electron chi connectivity index (χ0n) is 12.8. The van der Waals surface area contributed by atoms with Crippen molar-refractivity contribution in [1.82, 2.24) is 0 Å².